The standard InChI is InChI=1S/C10H8O3/c1-6-5-13-8-4-2-3-7(11)9(8)10(6)12/h2-5,11H,1H3. The van der Waals surface area contributed by atoms with Crippen LogP contribution in [0.3, 0.4) is 0 Å². The smallest absolute Gasteiger partial charge is 0.199 e. The number of rotatable bonds is 0. The lowest BCUT2D eigenvalue weighted by atomic mass is 10.2. The Kier molecular flexibility index (Phi) is 1.59. The van der Waals surface area contributed by atoms with Crippen molar-refractivity contribution < 1.29 is 9.52 Å². The van der Waals surface area contributed by atoms with Crippen molar-refractivity contribution in [2.45, 2.75) is 6.92 Å². The summed E-state index contributed by atoms with van der Waals surface area (Å²) in [6.45, 7) is 1.65. The third-order valence-electron chi connectivity index (χ3n) is 1.95. The van der Waals surface area contributed by atoms with Crippen LogP contribution >= 0.6 is 0 Å². The molecule has 0 unspecified atom stereocenters. The molecule has 3 nitrogen and oxygen atoms in total. The highest BCUT2D eigenvalue weighted by Crippen LogP contribution is 2.20. The number of aryl methyl sites for hydroxylation is 1. The summed E-state index contributed by atoms with van der Waals surface area (Å²) in [6.07, 6.45) is 1.39. The molecule has 0 amide bonds. The molecule has 1 N–H and O–H groups in total. The molecule has 0 bridgehead atoms. The number of benzene rings is 1. The van der Waals surface area contributed by atoms with Crippen LogP contribution in [-0.2, 0) is 0 Å². The predicted octanol–water partition coefficient (Wildman–Crippen LogP) is 1.81. The van der Waals surface area contributed by atoms with Gasteiger partial charge in [-0.1, -0.05) is 6.07 Å². The van der Waals surface area contributed by atoms with E-state index in [1.54, 1.807) is 19.1 Å². The number of hydrogen-bond donors (Lipinski definition) is 1. The lowest BCUT2D eigenvalue weighted by Crippen LogP contribution is -2.04. The van der Waals surface area contributed by atoms with Crippen LogP contribution in [-0.4, -0.2) is 5.11 Å². The summed E-state index contributed by atoms with van der Waals surface area (Å²) < 4.78 is 5.14. The maximum Gasteiger partial charge on any atom is 0.199 e. The van der Waals surface area contributed by atoms with Gasteiger partial charge < -0.3 is 9.52 Å². The average molecular weight is 176 g/mol. The number of phenols is 1. The van der Waals surface area contributed by atoms with Gasteiger partial charge >= 0.3 is 0 Å². The fourth-order valence-electron chi connectivity index (χ4n) is 1.25. The van der Waals surface area contributed by atoms with Crippen LogP contribution in [0.5, 0.6) is 5.75 Å². The van der Waals surface area contributed by atoms with Gasteiger partial charge in [-0.05, 0) is 19.1 Å². The van der Waals surface area contributed by atoms with Crippen LogP contribution in [0.2, 0.25) is 0 Å². The van der Waals surface area contributed by atoms with Gasteiger partial charge in [0.1, 0.15) is 16.7 Å². The molecule has 0 radical (unpaired) electrons. The van der Waals surface area contributed by atoms with Crippen LogP contribution < -0.4 is 5.43 Å². The van der Waals surface area contributed by atoms with Gasteiger partial charge in [-0.3, -0.25) is 4.79 Å². The van der Waals surface area contributed by atoms with Gasteiger partial charge in [-0.25, -0.2) is 0 Å². The van der Waals surface area contributed by atoms with Crippen molar-refractivity contribution >= 4 is 11.0 Å². The number of fused-ring (bicyclic) bond motifs is 1. The highest BCUT2D eigenvalue weighted by Gasteiger charge is 2.06. The van der Waals surface area contributed by atoms with Gasteiger partial charge in [-0.2, -0.15) is 0 Å². The van der Waals surface area contributed by atoms with Crippen LogP contribution in [0.1, 0.15) is 5.56 Å². The molecule has 2 rings (SSSR count). The molecule has 0 saturated heterocycles. The molecule has 13 heavy (non-hydrogen) atoms. The Hall–Kier alpha value is -1.77. The SMILES string of the molecule is Cc1coc2cccc(O)c2c1=O. The largest absolute Gasteiger partial charge is 0.507 e. The molecule has 1 aromatic heterocycles. The lowest BCUT2D eigenvalue weighted by molar-refractivity contribution is 0.479. The molecular formula is C10H8O3. The van der Waals surface area contributed by atoms with Crippen LogP contribution in [0.4, 0.5) is 0 Å². The third kappa shape index (κ3) is 1.09. The van der Waals surface area contributed by atoms with Gasteiger partial charge in [0.2, 0.25) is 0 Å². The Morgan fingerprint density at radius 3 is 2.92 bits per heavy atom. The molecule has 0 spiro atoms. The third-order valence-corrected chi connectivity index (χ3v) is 1.95. The van der Waals surface area contributed by atoms with Gasteiger partial charge in [-0.15, -0.1) is 0 Å². The Labute approximate surface area is 74.2 Å². The van der Waals surface area contributed by atoms with Gasteiger partial charge in [0.15, 0.2) is 5.43 Å². The van der Waals surface area contributed by atoms with E-state index in [-0.39, 0.29) is 16.6 Å². The summed E-state index contributed by atoms with van der Waals surface area (Å²) >= 11 is 0. The first kappa shape index (κ1) is 7.86. The van der Waals surface area contributed by atoms with Crippen molar-refractivity contribution in [2.24, 2.45) is 0 Å². The van der Waals surface area contributed by atoms with Crippen molar-refractivity contribution in [1.82, 2.24) is 0 Å². The second-order valence-corrected chi connectivity index (χ2v) is 2.90. The summed E-state index contributed by atoms with van der Waals surface area (Å²) in [5.41, 5.74) is 0.726. The fourth-order valence-corrected chi connectivity index (χ4v) is 1.25. The van der Waals surface area contributed by atoms with Crippen molar-refractivity contribution in [3.05, 3.63) is 40.2 Å². The first-order valence-corrected chi connectivity index (χ1v) is 3.90. The molecule has 1 heterocycles. The molecule has 0 atom stereocenters. The fraction of sp³-hybridized carbons (Fsp3) is 0.100. The zero-order valence-corrected chi connectivity index (χ0v) is 7.07. The summed E-state index contributed by atoms with van der Waals surface area (Å²) in [7, 11) is 0. The molecular weight excluding hydrogens is 168 g/mol. The van der Waals surface area contributed by atoms with E-state index < -0.39 is 0 Å². The molecule has 2 aromatic rings. The van der Waals surface area contributed by atoms with Gasteiger partial charge in [0.25, 0.3) is 0 Å². The second-order valence-electron chi connectivity index (χ2n) is 2.90. The van der Waals surface area contributed by atoms with E-state index in [1.165, 1.54) is 12.3 Å². The summed E-state index contributed by atoms with van der Waals surface area (Å²) in [4.78, 5) is 11.5. The van der Waals surface area contributed by atoms with E-state index in [0.717, 1.165) is 0 Å². The first-order valence-electron chi connectivity index (χ1n) is 3.90. The summed E-state index contributed by atoms with van der Waals surface area (Å²) in [6, 6.07) is 4.75. The number of phenolic OH excluding ortho intramolecular Hbond substituents is 1. The van der Waals surface area contributed by atoms with Crippen molar-refractivity contribution in [3.8, 4) is 5.75 Å². The molecule has 3 heteroatoms. The highest BCUT2D eigenvalue weighted by molar-refractivity contribution is 5.83. The van der Waals surface area contributed by atoms with Crippen LogP contribution in [0.25, 0.3) is 11.0 Å². The maximum absolute atomic E-state index is 11.5. The van der Waals surface area contributed by atoms with E-state index in [1.807, 2.05) is 0 Å². The van der Waals surface area contributed by atoms with E-state index in [9.17, 15) is 9.90 Å². The minimum Gasteiger partial charge on any atom is -0.507 e. The topological polar surface area (TPSA) is 50.4 Å². The zero-order chi connectivity index (χ0) is 9.42. The quantitative estimate of drug-likeness (QED) is 0.665. The Morgan fingerprint density at radius 1 is 1.38 bits per heavy atom. The lowest BCUT2D eigenvalue weighted by Gasteiger charge is -1.99. The Balaban J connectivity index is 3.06. The molecule has 0 aliphatic rings. The number of aromatic hydroxyl groups is 1. The summed E-state index contributed by atoms with van der Waals surface area (Å²) in [5, 5.41) is 9.67. The van der Waals surface area contributed by atoms with Gasteiger partial charge in [0, 0.05) is 5.56 Å². The molecule has 0 aliphatic carbocycles. The molecule has 1 aromatic carbocycles. The van der Waals surface area contributed by atoms with E-state index in [0.29, 0.717) is 11.1 Å². The van der Waals surface area contributed by atoms with Gasteiger partial charge in [0.05, 0.1) is 6.26 Å². The molecule has 0 saturated carbocycles. The highest BCUT2D eigenvalue weighted by atomic mass is 16.3. The zero-order valence-electron chi connectivity index (χ0n) is 7.07. The van der Waals surface area contributed by atoms with E-state index >= 15 is 0 Å². The normalized spacial score (nSPS) is 10.5. The van der Waals surface area contributed by atoms with E-state index in [2.05, 4.69) is 0 Å². The maximum atomic E-state index is 11.5. The van der Waals surface area contributed by atoms with Crippen molar-refractivity contribution in [3.63, 3.8) is 0 Å². The monoisotopic (exact) mass is 176 g/mol. The Morgan fingerprint density at radius 2 is 2.15 bits per heavy atom. The average Bonchev–Trinajstić information content (AvgIpc) is 2.12. The summed E-state index contributed by atoms with van der Waals surface area (Å²) in [5.74, 6) is -0.0325. The van der Waals surface area contributed by atoms with Crippen LogP contribution in [0.15, 0.2) is 33.7 Å². The Bertz CT molecular complexity index is 511. The van der Waals surface area contributed by atoms with Crippen LogP contribution in [0, 0.1) is 6.92 Å². The second kappa shape index (κ2) is 2.62. The predicted molar refractivity (Wildman–Crippen MR) is 48.9 cm³/mol. The molecule has 66 valence electrons. The van der Waals surface area contributed by atoms with Crippen molar-refractivity contribution in [2.75, 3.05) is 0 Å². The van der Waals surface area contributed by atoms with Crippen molar-refractivity contribution in [1.29, 1.82) is 0 Å². The minimum atomic E-state index is -0.181. The minimum absolute atomic E-state index is 0.0325. The number of hydrogen-bond acceptors (Lipinski definition) is 3. The molecule has 0 aliphatic heterocycles. The van der Waals surface area contributed by atoms with E-state index in [4.69, 9.17) is 4.42 Å². The molecule has 0 fully saturated rings. The first-order chi connectivity index (χ1) is 6.20.